The topological polar surface area (TPSA) is 63.4 Å². The average molecular weight is 192 g/mol. The van der Waals surface area contributed by atoms with E-state index in [4.69, 9.17) is 5.73 Å². The highest BCUT2D eigenvalue weighted by atomic mass is 32.2. The Morgan fingerprint density at radius 2 is 2.00 bits per heavy atom. The van der Waals surface area contributed by atoms with Crippen molar-refractivity contribution in [2.24, 2.45) is 11.7 Å². The fraction of sp³-hybridized carbons (Fsp3) is 1.00. The number of nitrogens with zero attached hydrogens (tertiary/aromatic N) is 1. The summed E-state index contributed by atoms with van der Waals surface area (Å²) in [5, 5.41) is -0.309. The van der Waals surface area contributed by atoms with E-state index in [0.717, 1.165) is 0 Å². The molecule has 1 heterocycles. The van der Waals surface area contributed by atoms with E-state index in [2.05, 4.69) is 0 Å². The van der Waals surface area contributed by atoms with Crippen LogP contribution in [-0.2, 0) is 10.0 Å². The Balaban J connectivity index is 2.53. The van der Waals surface area contributed by atoms with Gasteiger partial charge in [0.25, 0.3) is 0 Å². The van der Waals surface area contributed by atoms with Gasteiger partial charge < -0.3 is 5.73 Å². The van der Waals surface area contributed by atoms with Gasteiger partial charge in [-0.2, -0.15) is 0 Å². The zero-order valence-electron chi connectivity index (χ0n) is 7.53. The molecule has 0 spiro atoms. The van der Waals surface area contributed by atoms with Gasteiger partial charge in [-0.05, 0) is 26.3 Å². The fourth-order valence-corrected chi connectivity index (χ4v) is 2.61. The molecule has 1 saturated heterocycles. The molecule has 0 aliphatic carbocycles. The van der Waals surface area contributed by atoms with Crippen molar-refractivity contribution in [3.63, 3.8) is 0 Å². The van der Waals surface area contributed by atoms with Crippen molar-refractivity contribution in [3.8, 4) is 0 Å². The van der Waals surface area contributed by atoms with Crippen molar-refractivity contribution in [2.75, 3.05) is 19.6 Å². The van der Waals surface area contributed by atoms with Crippen LogP contribution in [0.4, 0.5) is 0 Å². The van der Waals surface area contributed by atoms with Crippen molar-refractivity contribution in [3.05, 3.63) is 0 Å². The molecule has 0 atom stereocenters. The highest BCUT2D eigenvalue weighted by molar-refractivity contribution is 7.89. The molecule has 0 radical (unpaired) electrons. The van der Waals surface area contributed by atoms with Crippen LogP contribution in [0.3, 0.4) is 0 Å². The summed E-state index contributed by atoms with van der Waals surface area (Å²) < 4.78 is 24.4. The molecule has 4 nitrogen and oxygen atoms in total. The van der Waals surface area contributed by atoms with Gasteiger partial charge in [-0.3, -0.25) is 0 Å². The molecule has 72 valence electrons. The van der Waals surface area contributed by atoms with Gasteiger partial charge >= 0.3 is 0 Å². The first kappa shape index (κ1) is 9.95. The third-order valence-corrected chi connectivity index (χ3v) is 4.42. The Hall–Kier alpha value is -0.130. The van der Waals surface area contributed by atoms with Gasteiger partial charge in [0.1, 0.15) is 0 Å². The first-order valence-corrected chi connectivity index (χ1v) is 5.67. The fourth-order valence-electron chi connectivity index (χ4n) is 1.18. The molecule has 1 rings (SSSR count). The lowest BCUT2D eigenvalue weighted by Crippen LogP contribution is -2.54. The zero-order chi connectivity index (χ0) is 9.35. The minimum absolute atomic E-state index is 0.309. The van der Waals surface area contributed by atoms with Crippen LogP contribution in [0.25, 0.3) is 0 Å². The summed E-state index contributed by atoms with van der Waals surface area (Å²) in [4.78, 5) is 0. The molecule has 0 bridgehead atoms. The second kappa shape index (κ2) is 3.32. The molecule has 2 N–H and O–H groups in total. The molecular weight excluding hydrogens is 176 g/mol. The zero-order valence-corrected chi connectivity index (χ0v) is 8.34. The SMILES string of the molecule is CC(C)S(=O)(=O)N1CC(CN)C1. The number of hydrogen-bond donors (Lipinski definition) is 1. The third kappa shape index (κ3) is 1.62. The van der Waals surface area contributed by atoms with Crippen molar-refractivity contribution in [1.29, 1.82) is 0 Å². The van der Waals surface area contributed by atoms with Crippen molar-refractivity contribution >= 4 is 10.0 Å². The minimum atomic E-state index is -3.01. The van der Waals surface area contributed by atoms with Gasteiger partial charge in [0.05, 0.1) is 5.25 Å². The molecular formula is C7H16N2O2S. The first-order valence-electron chi connectivity index (χ1n) is 4.17. The number of nitrogens with two attached hydrogens (primary N) is 1. The Labute approximate surface area is 73.8 Å². The number of hydrogen-bond acceptors (Lipinski definition) is 3. The van der Waals surface area contributed by atoms with Crippen LogP contribution in [0.2, 0.25) is 0 Å². The predicted molar refractivity (Wildman–Crippen MR) is 48.2 cm³/mol. The summed E-state index contributed by atoms with van der Waals surface area (Å²) in [5.74, 6) is 0.374. The summed E-state index contributed by atoms with van der Waals surface area (Å²) in [6.45, 7) is 5.20. The maximum absolute atomic E-state index is 11.5. The van der Waals surface area contributed by atoms with Crippen LogP contribution < -0.4 is 5.73 Å². The number of rotatable bonds is 3. The average Bonchev–Trinajstić information content (AvgIpc) is 1.84. The molecule has 12 heavy (non-hydrogen) atoms. The molecule has 0 amide bonds. The lowest BCUT2D eigenvalue weighted by molar-refractivity contribution is 0.206. The van der Waals surface area contributed by atoms with Crippen LogP contribution in [0.1, 0.15) is 13.8 Å². The maximum Gasteiger partial charge on any atom is 0.216 e. The van der Waals surface area contributed by atoms with Crippen LogP contribution in [0.5, 0.6) is 0 Å². The van der Waals surface area contributed by atoms with Crippen molar-refractivity contribution < 1.29 is 8.42 Å². The van der Waals surface area contributed by atoms with Gasteiger partial charge in [0, 0.05) is 13.1 Å². The summed E-state index contributed by atoms with van der Waals surface area (Å²) in [6.07, 6.45) is 0. The van der Waals surface area contributed by atoms with E-state index in [0.29, 0.717) is 25.6 Å². The number of sulfonamides is 1. The quantitative estimate of drug-likeness (QED) is 0.662. The maximum atomic E-state index is 11.5. The molecule has 0 saturated carbocycles. The van der Waals surface area contributed by atoms with E-state index < -0.39 is 10.0 Å². The highest BCUT2D eigenvalue weighted by Gasteiger charge is 2.36. The van der Waals surface area contributed by atoms with E-state index in [1.807, 2.05) is 0 Å². The summed E-state index contributed by atoms with van der Waals surface area (Å²) in [5.41, 5.74) is 5.39. The van der Waals surface area contributed by atoms with Gasteiger partial charge in [0.15, 0.2) is 0 Å². The molecule has 5 heteroatoms. The second-order valence-electron chi connectivity index (χ2n) is 3.51. The molecule has 0 aromatic carbocycles. The van der Waals surface area contributed by atoms with E-state index in [1.54, 1.807) is 13.8 Å². The van der Waals surface area contributed by atoms with Gasteiger partial charge in [-0.15, -0.1) is 0 Å². The van der Waals surface area contributed by atoms with Gasteiger partial charge in [0.2, 0.25) is 10.0 Å². The standard InChI is InChI=1S/C7H16N2O2S/c1-6(2)12(10,11)9-4-7(3-8)5-9/h6-7H,3-5,8H2,1-2H3. The lowest BCUT2D eigenvalue weighted by Gasteiger charge is -2.38. The van der Waals surface area contributed by atoms with Crippen molar-refractivity contribution in [2.45, 2.75) is 19.1 Å². The second-order valence-corrected chi connectivity index (χ2v) is 6.00. The lowest BCUT2D eigenvalue weighted by atomic mass is 10.0. The Kier molecular flexibility index (Phi) is 2.75. The van der Waals surface area contributed by atoms with E-state index in [9.17, 15) is 8.42 Å². The van der Waals surface area contributed by atoms with E-state index in [-0.39, 0.29) is 5.25 Å². The van der Waals surface area contributed by atoms with Crippen LogP contribution in [0, 0.1) is 5.92 Å². The molecule has 0 unspecified atom stereocenters. The van der Waals surface area contributed by atoms with Crippen LogP contribution in [0.15, 0.2) is 0 Å². The largest absolute Gasteiger partial charge is 0.330 e. The van der Waals surface area contributed by atoms with E-state index >= 15 is 0 Å². The van der Waals surface area contributed by atoms with Crippen LogP contribution >= 0.6 is 0 Å². The minimum Gasteiger partial charge on any atom is -0.330 e. The Morgan fingerprint density at radius 1 is 1.50 bits per heavy atom. The molecule has 1 aliphatic heterocycles. The van der Waals surface area contributed by atoms with Crippen molar-refractivity contribution in [1.82, 2.24) is 4.31 Å². The molecule has 0 aromatic rings. The van der Waals surface area contributed by atoms with E-state index in [1.165, 1.54) is 4.31 Å². The highest BCUT2D eigenvalue weighted by Crippen LogP contribution is 2.20. The van der Waals surface area contributed by atoms with Crippen LogP contribution in [-0.4, -0.2) is 37.6 Å². The third-order valence-electron chi connectivity index (χ3n) is 2.21. The summed E-state index contributed by atoms with van der Waals surface area (Å²) in [7, 11) is -3.01. The first-order chi connectivity index (χ1) is 5.48. The molecule has 1 aliphatic rings. The monoisotopic (exact) mass is 192 g/mol. The Morgan fingerprint density at radius 3 is 2.33 bits per heavy atom. The Bertz CT molecular complexity index is 242. The summed E-state index contributed by atoms with van der Waals surface area (Å²) in [6, 6.07) is 0. The normalized spacial score (nSPS) is 21.3. The smallest absolute Gasteiger partial charge is 0.216 e. The molecule has 1 fully saturated rings. The predicted octanol–water partition coefficient (Wildman–Crippen LogP) is -0.385. The molecule has 0 aromatic heterocycles. The van der Waals surface area contributed by atoms with Gasteiger partial charge in [-0.1, -0.05) is 0 Å². The van der Waals surface area contributed by atoms with Gasteiger partial charge in [-0.25, -0.2) is 12.7 Å². The summed E-state index contributed by atoms with van der Waals surface area (Å²) >= 11 is 0.